The first-order chi connectivity index (χ1) is 7.50. The normalized spacial score (nSPS) is 24.6. The molecule has 0 saturated carbocycles. The summed E-state index contributed by atoms with van der Waals surface area (Å²) in [6, 6.07) is 2.03. The van der Waals surface area contributed by atoms with E-state index >= 15 is 0 Å². The summed E-state index contributed by atoms with van der Waals surface area (Å²) >= 11 is 1.65. The molecule has 0 bridgehead atoms. The minimum atomic E-state index is -0.541. The van der Waals surface area contributed by atoms with Crippen molar-refractivity contribution in [3.63, 3.8) is 0 Å². The van der Waals surface area contributed by atoms with E-state index in [1.807, 2.05) is 0 Å². The Morgan fingerprint density at radius 3 is 2.69 bits per heavy atom. The maximum atomic E-state index is 13.5. The van der Waals surface area contributed by atoms with Crippen molar-refractivity contribution in [3.05, 3.63) is 34.9 Å². The smallest absolute Gasteiger partial charge is 0.130 e. The Bertz CT molecular complexity index is 406. The summed E-state index contributed by atoms with van der Waals surface area (Å²) in [7, 11) is 0. The van der Waals surface area contributed by atoms with Crippen LogP contribution in [0.25, 0.3) is 0 Å². The fourth-order valence-electron chi connectivity index (χ4n) is 2.14. The van der Waals surface area contributed by atoms with Crippen LogP contribution in [0, 0.1) is 17.6 Å². The van der Waals surface area contributed by atoms with Crippen molar-refractivity contribution in [2.45, 2.75) is 30.9 Å². The Morgan fingerprint density at radius 1 is 1.38 bits per heavy atom. The van der Waals surface area contributed by atoms with Gasteiger partial charge in [0.2, 0.25) is 0 Å². The molecular formula is C12H15F2NS. The van der Waals surface area contributed by atoms with Gasteiger partial charge >= 0.3 is 0 Å². The second-order valence-electron chi connectivity index (χ2n) is 4.50. The van der Waals surface area contributed by atoms with Crippen LogP contribution in [-0.4, -0.2) is 5.25 Å². The number of thioether (sulfide) groups is 1. The number of nitrogens with two attached hydrogens (primary N) is 1. The van der Waals surface area contributed by atoms with E-state index in [0.29, 0.717) is 22.8 Å². The van der Waals surface area contributed by atoms with E-state index < -0.39 is 11.6 Å². The number of benzene rings is 1. The predicted molar refractivity (Wildman–Crippen MR) is 63.2 cm³/mol. The molecule has 1 heterocycles. The fourth-order valence-corrected chi connectivity index (χ4v) is 3.54. The molecule has 0 radical (unpaired) electrons. The summed E-state index contributed by atoms with van der Waals surface area (Å²) in [5.41, 5.74) is 7.27. The van der Waals surface area contributed by atoms with E-state index in [0.717, 1.165) is 6.07 Å². The van der Waals surface area contributed by atoms with E-state index in [9.17, 15) is 8.78 Å². The molecule has 0 aliphatic carbocycles. The average Bonchev–Trinajstić information content (AvgIpc) is 2.19. The van der Waals surface area contributed by atoms with Crippen LogP contribution in [0.2, 0.25) is 0 Å². The van der Waals surface area contributed by atoms with Gasteiger partial charge in [0.15, 0.2) is 0 Å². The summed E-state index contributed by atoms with van der Waals surface area (Å²) in [6.45, 7) is 4.16. The van der Waals surface area contributed by atoms with E-state index in [2.05, 4.69) is 13.8 Å². The highest BCUT2D eigenvalue weighted by Gasteiger charge is 2.31. The molecule has 4 heteroatoms. The van der Waals surface area contributed by atoms with Crippen molar-refractivity contribution in [2.24, 2.45) is 11.7 Å². The Kier molecular flexibility index (Phi) is 3.22. The van der Waals surface area contributed by atoms with Gasteiger partial charge in [0.1, 0.15) is 11.6 Å². The molecule has 88 valence electrons. The van der Waals surface area contributed by atoms with Gasteiger partial charge in [0.05, 0.1) is 0 Å². The SMILES string of the molecule is CC(C)C1SCc2c(F)cc(F)cc2C1N. The standard InChI is InChI=1S/C12H15F2NS/c1-6(2)12-11(15)8-3-7(13)4-10(14)9(8)5-16-12/h3-4,6,11-12H,5,15H2,1-2H3. The minimum absolute atomic E-state index is 0.230. The van der Waals surface area contributed by atoms with Crippen LogP contribution in [-0.2, 0) is 5.75 Å². The fraction of sp³-hybridized carbons (Fsp3) is 0.500. The number of hydrogen-bond acceptors (Lipinski definition) is 2. The predicted octanol–water partition coefficient (Wildman–Crippen LogP) is 3.24. The third-order valence-electron chi connectivity index (χ3n) is 2.99. The van der Waals surface area contributed by atoms with Gasteiger partial charge in [0, 0.05) is 28.7 Å². The third kappa shape index (κ3) is 1.96. The molecule has 1 aromatic carbocycles. The van der Waals surface area contributed by atoms with Gasteiger partial charge in [-0.1, -0.05) is 13.8 Å². The van der Waals surface area contributed by atoms with Crippen molar-refractivity contribution in [1.82, 2.24) is 0 Å². The third-order valence-corrected chi connectivity index (χ3v) is 4.66. The molecule has 2 rings (SSSR count). The monoisotopic (exact) mass is 243 g/mol. The Labute approximate surface area is 98.4 Å². The first kappa shape index (κ1) is 11.9. The summed E-state index contributed by atoms with van der Waals surface area (Å²) in [4.78, 5) is 0. The van der Waals surface area contributed by atoms with Gasteiger partial charge in [-0.05, 0) is 17.5 Å². The topological polar surface area (TPSA) is 26.0 Å². The van der Waals surface area contributed by atoms with Gasteiger partial charge in [-0.15, -0.1) is 0 Å². The molecule has 0 spiro atoms. The van der Waals surface area contributed by atoms with Gasteiger partial charge < -0.3 is 5.73 Å². The number of halogens is 2. The van der Waals surface area contributed by atoms with Crippen molar-refractivity contribution in [3.8, 4) is 0 Å². The average molecular weight is 243 g/mol. The van der Waals surface area contributed by atoms with E-state index in [1.54, 1.807) is 11.8 Å². The lowest BCUT2D eigenvalue weighted by Crippen LogP contribution is -2.32. The van der Waals surface area contributed by atoms with Crippen LogP contribution < -0.4 is 5.73 Å². The van der Waals surface area contributed by atoms with Crippen LogP contribution in [0.4, 0.5) is 8.78 Å². The largest absolute Gasteiger partial charge is 0.323 e. The van der Waals surface area contributed by atoms with Gasteiger partial charge in [0.25, 0.3) is 0 Å². The quantitative estimate of drug-likeness (QED) is 0.819. The minimum Gasteiger partial charge on any atom is -0.323 e. The van der Waals surface area contributed by atoms with Crippen LogP contribution >= 0.6 is 11.8 Å². The highest BCUT2D eigenvalue weighted by molar-refractivity contribution is 7.99. The highest BCUT2D eigenvalue weighted by atomic mass is 32.2. The van der Waals surface area contributed by atoms with Gasteiger partial charge in [-0.25, -0.2) is 8.78 Å². The first-order valence-electron chi connectivity index (χ1n) is 5.35. The molecule has 1 nitrogen and oxygen atoms in total. The van der Waals surface area contributed by atoms with Gasteiger partial charge in [-0.2, -0.15) is 11.8 Å². The number of rotatable bonds is 1. The zero-order valence-electron chi connectivity index (χ0n) is 9.34. The molecule has 2 N–H and O–H groups in total. The van der Waals surface area contributed by atoms with Crippen LogP contribution in [0.15, 0.2) is 12.1 Å². The Hall–Kier alpha value is -0.610. The Morgan fingerprint density at radius 2 is 2.06 bits per heavy atom. The molecule has 0 amide bonds. The molecule has 16 heavy (non-hydrogen) atoms. The zero-order valence-corrected chi connectivity index (χ0v) is 10.2. The lowest BCUT2D eigenvalue weighted by Gasteiger charge is -2.33. The molecule has 0 saturated heterocycles. The highest BCUT2D eigenvalue weighted by Crippen LogP contribution is 2.40. The molecule has 1 aliphatic heterocycles. The van der Waals surface area contributed by atoms with E-state index in [1.165, 1.54) is 6.07 Å². The molecule has 0 aromatic heterocycles. The van der Waals surface area contributed by atoms with Crippen molar-refractivity contribution < 1.29 is 8.78 Å². The summed E-state index contributed by atoms with van der Waals surface area (Å²) in [5, 5.41) is 0.230. The Balaban J connectivity index is 2.44. The zero-order chi connectivity index (χ0) is 11.9. The van der Waals surface area contributed by atoms with Crippen molar-refractivity contribution in [1.29, 1.82) is 0 Å². The van der Waals surface area contributed by atoms with Crippen LogP contribution in [0.1, 0.15) is 31.0 Å². The van der Waals surface area contributed by atoms with Crippen LogP contribution in [0.3, 0.4) is 0 Å². The molecule has 2 atom stereocenters. The second kappa shape index (κ2) is 4.34. The second-order valence-corrected chi connectivity index (χ2v) is 5.67. The maximum absolute atomic E-state index is 13.5. The summed E-state index contributed by atoms with van der Waals surface area (Å²) in [6.07, 6.45) is 0. The van der Waals surface area contributed by atoms with Crippen molar-refractivity contribution in [2.75, 3.05) is 0 Å². The van der Waals surface area contributed by atoms with E-state index in [4.69, 9.17) is 5.73 Å². The van der Waals surface area contributed by atoms with Gasteiger partial charge in [-0.3, -0.25) is 0 Å². The van der Waals surface area contributed by atoms with Crippen LogP contribution in [0.5, 0.6) is 0 Å². The first-order valence-corrected chi connectivity index (χ1v) is 6.40. The lowest BCUT2D eigenvalue weighted by atomic mass is 9.93. The molecule has 0 fully saturated rings. The van der Waals surface area contributed by atoms with E-state index in [-0.39, 0.29) is 11.3 Å². The number of fused-ring (bicyclic) bond motifs is 1. The summed E-state index contributed by atoms with van der Waals surface area (Å²) < 4.78 is 26.7. The van der Waals surface area contributed by atoms with Crippen molar-refractivity contribution >= 4 is 11.8 Å². The summed E-state index contributed by atoms with van der Waals surface area (Å²) in [5.74, 6) is -0.0291. The molecule has 2 unspecified atom stereocenters. The molecule has 1 aliphatic rings. The molecule has 1 aromatic rings. The lowest BCUT2D eigenvalue weighted by molar-refractivity contribution is 0.505. The molecular weight excluding hydrogens is 228 g/mol. The maximum Gasteiger partial charge on any atom is 0.130 e. The number of hydrogen-bond donors (Lipinski definition) is 1.